The van der Waals surface area contributed by atoms with Gasteiger partial charge in [0.1, 0.15) is 5.75 Å². The van der Waals surface area contributed by atoms with Gasteiger partial charge in [-0.1, -0.05) is 18.2 Å². The molecule has 2 aromatic carbocycles. The van der Waals surface area contributed by atoms with E-state index in [0.29, 0.717) is 11.3 Å². The molecule has 6 heteroatoms. The number of rotatable bonds is 4. The minimum Gasteiger partial charge on any atom is -0.454 e. The number of non-ortho nitro benzene ring substituents is 1. The number of benzene rings is 2. The lowest BCUT2D eigenvalue weighted by molar-refractivity contribution is -0.385. The first kappa shape index (κ1) is 13.3. The van der Waals surface area contributed by atoms with Crippen molar-refractivity contribution in [3.8, 4) is 11.5 Å². The molecule has 2 rings (SSSR count). The van der Waals surface area contributed by atoms with Crippen LogP contribution in [0.1, 0.15) is 5.56 Å². The summed E-state index contributed by atoms with van der Waals surface area (Å²) in [6.45, 7) is 0. The maximum absolute atomic E-state index is 13.7. The Kier molecular flexibility index (Phi) is 3.97. The van der Waals surface area contributed by atoms with Gasteiger partial charge in [0.2, 0.25) is 0 Å². The van der Waals surface area contributed by atoms with E-state index in [1.54, 1.807) is 24.3 Å². The normalized spacial score (nSPS) is 10.2. The predicted molar refractivity (Wildman–Crippen MR) is 69.1 cm³/mol. The van der Waals surface area contributed by atoms with Crippen molar-refractivity contribution in [2.75, 3.05) is 0 Å². The Balaban J connectivity index is 2.31. The Morgan fingerprint density at radius 1 is 1.21 bits per heavy atom. The van der Waals surface area contributed by atoms with Gasteiger partial charge in [0, 0.05) is 11.6 Å². The molecule has 0 atom stereocenters. The minimum absolute atomic E-state index is 0.0804. The molecule has 0 saturated carbocycles. The summed E-state index contributed by atoms with van der Waals surface area (Å²) in [5.74, 6) is -0.225. The quantitative estimate of drug-likeness (QED) is 0.478. The van der Waals surface area contributed by atoms with Crippen LogP contribution in [0.2, 0.25) is 0 Å². The molecule has 19 heavy (non-hydrogen) atoms. The average molecular weight is 282 g/mol. The van der Waals surface area contributed by atoms with E-state index < -0.39 is 10.7 Å². The molecule has 2 aromatic rings. The third-order valence-electron chi connectivity index (χ3n) is 2.46. The van der Waals surface area contributed by atoms with Crippen molar-refractivity contribution in [3.63, 3.8) is 0 Å². The topological polar surface area (TPSA) is 52.4 Å². The molecular formula is C13H9ClFNO3. The second-order valence-electron chi connectivity index (χ2n) is 3.72. The van der Waals surface area contributed by atoms with E-state index in [1.165, 1.54) is 12.1 Å². The van der Waals surface area contributed by atoms with Crippen LogP contribution in [-0.4, -0.2) is 4.92 Å². The van der Waals surface area contributed by atoms with E-state index in [0.717, 1.165) is 6.07 Å². The third kappa shape index (κ3) is 3.00. The fraction of sp³-hybridized carbons (Fsp3) is 0.0769. The smallest absolute Gasteiger partial charge is 0.272 e. The summed E-state index contributed by atoms with van der Waals surface area (Å²) >= 11 is 5.74. The molecule has 98 valence electrons. The summed E-state index contributed by atoms with van der Waals surface area (Å²) in [7, 11) is 0. The van der Waals surface area contributed by atoms with E-state index in [9.17, 15) is 14.5 Å². The first-order chi connectivity index (χ1) is 9.11. The van der Waals surface area contributed by atoms with Gasteiger partial charge in [0.15, 0.2) is 11.6 Å². The van der Waals surface area contributed by atoms with Gasteiger partial charge in [-0.3, -0.25) is 10.1 Å². The molecule has 0 aliphatic rings. The van der Waals surface area contributed by atoms with E-state index in [-0.39, 0.29) is 17.3 Å². The Bertz CT molecular complexity index is 619. The van der Waals surface area contributed by atoms with E-state index in [4.69, 9.17) is 16.3 Å². The number of nitro groups is 1. The number of para-hydroxylation sites is 1. The highest BCUT2D eigenvalue weighted by Gasteiger charge is 2.13. The molecule has 0 saturated heterocycles. The van der Waals surface area contributed by atoms with Gasteiger partial charge in [-0.2, -0.15) is 0 Å². The maximum atomic E-state index is 13.7. The Hall–Kier alpha value is -2.14. The molecule has 0 unspecified atom stereocenters. The van der Waals surface area contributed by atoms with Gasteiger partial charge in [-0.05, 0) is 12.1 Å². The Morgan fingerprint density at radius 3 is 2.58 bits per heavy atom. The van der Waals surface area contributed by atoms with Crippen molar-refractivity contribution in [2.45, 2.75) is 5.88 Å². The largest absolute Gasteiger partial charge is 0.454 e. The molecule has 0 radical (unpaired) electrons. The van der Waals surface area contributed by atoms with Crippen molar-refractivity contribution >= 4 is 17.3 Å². The molecule has 0 heterocycles. The Morgan fingerprint density at radius 2 is 1.95 bits per heavy atom. The van der Waals surface area contributed by atoms with Crippen molar-refractivity contribution in [3.05, 3.63) is 64.0 Å². The zero-order valence-corrected chi connectivity index (χ0v) is 10.4. The van der Waals surface area contributed by atoms with Gasteiger partial charge < -0.3 is 4.74 Å². The third-order valence-corrected chi connectivity index (χ3v) is 2.75. The van der Waals surface area contributed by atoms with Crippen LogP contribution >= 0.6 is 11.6 Å². The van der Waals surface area contributed by atoms with Gasteiger partial charge in [-0.25, -0.2) is 4.39 Å². The fourth-order valence-corrected chi connectivity index (χ4v) is 1.74. The lowest BCUT2D eigenvalue weighted by Gasteiger charge is -2.09. The minimum atomic E-state index is -0.793. The zero-order valence-electron chi connectivity index (χ0n) is 9.68. The predicted octanol–water partition coefficient (Wildman–Crippen LogP) is 4.27. The number of nitro benzene ring substituents is 1. The maximum Gasteiger partial charge on any atom is 0.272 e. The van der Waals surface area contributed by atoms with Crippen LogP contribution in [0.5, 0.6) is 11.5 Å². The molecule has 0 aliphatic carbocycles. The van der Waals surface area contributed by atoms with Crippen LogP contribution in [-0.2, 0) is 5.88 Å². The number of hydrogen-bond donors (Lipinski definition) is 0. The second kappa shape index (κ2) is 5.67. The highest BCUT2D eigenvalue weighted by Crippen LogP contribution is 2.30. The number of halogens is 2. The van der Waals surface area contributed by atoms with Crippen molar-refractivity contribution in [1.82, 2.24) is 0 Å². The molecule has 0 aliphatic heterocycles. The summed E-state index contributed by atoms with van der Waals surface area (Å²) in [6.07, 6.45) is 0. The monoisotopic (exact) mass is 281 g/mol. The van der Waals surface area contributed by atoms with E-state index in [1.807, 2.05) is 0 Å². The summed E-state index contributed by atoms with van der Waals surface area (Å²) in [5, 5.41) is 10.5. The van der Waals surface area contributed by atoms with Crippen LogP contribution in [0.25, 0.3) is 0 Å². The summed E-state index contributed by atoms with van der Waals surface area (Å²) in [5.41, 5.74) is 0.386. The summed E-state index contributed by atoms with van der Waals surface area (Å²) in [6, 6.07) is 10.1. The molecule has 0 fully saturated rings. The van der Waals surface area contributed by atoms with Gasteiger partial charge >= 0.3 is 0 Å². The van der Waals surface area contributed by atoms with E-state index >= 15 is 0 Å². The van der Waals surface area contributed by atoms with Crippen molar-refractivity contribution < 1.29 is 14.1 Å². The lowest BCUT2D eigenvalue weighted by Crippen LogP contribution is -1.94. The average Bonchev–Trinajstić information content (AvgIpc) is 2.41. The van der Waals surface area contributed by atoms with Crippen LogP contribution in [0.15, 0.2) is 42.5 Å². The van der Waals surface area contributed by atoms with Crippen LogP contribution in [0, 0.1) is 15.9 Å². The Labute approximate surface area is 113 Å². The molecule has 0 amide bonds. The van der Waals surface area contributed by atoms with Crippen LogP contribution < -0.4 is 4.74 Å². The molecule has 4 nitrogen and oxygen atoms in total. The highest BCUT2D eigenvalue weighted by molar-refractivity contribution is 6.17. The first-order valence-corrected chi connectivity index (χ1v) is 5.91. The van der Waals surface area contributed by atoms with Gasteiger partial charge in [-0.15, -0.1) is 11.6 Å². The SMILES string of the molecule is O=[N+]([O-])c1ccc(Oc2ccccc2CCl)c(F)c1. The number of ether oxygens (including phenoxy) is 1. The number of alkyl halides is 1. The zero-order chi connectivity index (χ0) is 13.8. The lowest BCUT2D eigenvalue weighted by atomic mass is 10.2. The summed E-state index contributed by atoms with van der Waals surface area (Å²) in [4.78, 5) is 9.84. The standard InChI is InChI=1S/C13H9ClFNO3/c14-8-9-3-1-2-4-12(9)19-13-6-5-10(16(17)18)7-11(13)15/h1-7H,8H2. The first-order valence-electron chi connectivity index (χ1n) is 5.37. The molecule has 0 spiro atoms. The molecular weight excluding hydrogens is 273 g/mol. The summed E-state index contributed by atoms with van der Waals surface area (Å²) < 4.78 is 19.1. The fourth-order valence-electron chi connectivity index (χ4n) is 1.52. The van der Waals surface area contributed by atoms with Crippen LogP contribution in [0.4, 0.5) is 10.1 Å². The van der Waals surface area contributed by atoms with Crippen molar-refractivity contribution in [2.24, 2.45) is 0 Å². The van der Waals surface area contributed by atoms with Crippen molar-refractivity contribution in [1.29, 1.82) is 0 Å². The molecule has 0 bridgehead atoms. The molecule has 0 aromatic heterocycles. The number of hydrogen-bond acceptors (Lipinski definition) is 3. The highest BCUT2D eigenvalue weighted by atomic mass is 35.5. The second-order valence-corrected chi connectivity index (χ2v) is 3.98. The van der Waals surface area contributed by atoms with Crippen LogP contribution in [0.3, 0.4) is 0 Å². The van der Waals surface area contributed by atoms with E-state index in [2.05, 4.69) is 0 Å². The van der Waals surface area contributed by atoms with Gasteiger partial charge in [0.05, 0.1) is 16.9 Å². The molecule has 0 N–H and O–H groups in total. The number of nitrogens with zero attached hydrogens (tertiary/aromatic N) is 1. The van der Waals surface area contributed by atoms with Gasteiger partial charge in [0.25, 0.3) is 5.69 Å².